The van der Waals surface area contributed by atoms with E-state index in [-0.39, 0.29) is 49.3 Å². The average Bonchev–Trinajstić information content (AvgIpc) is 2.91. The minimum Gasteiger partial charge on any atom is -0.508 e. The molecule has 5 N–H and O–H groups in total. The molecule has 0 saturated carbocycles. The predicted octanol–water partition coefficient (Wildman–Crippen LogP) is 2.80. The lowest BCUT2D eigenvalue weighted by Gasteiger charge is -2.28. The van der Waals surface area contributed by atoms with Crippen molar-refractivity contribution < 1.29 is 47.6 Å². The Kier molecular flexibility index (Phi) is 10.9. The van der Waals surface area contributed by atoms with E-state index >= 15 is 0 Å². The minimum absolute atomic E-state index is 0.0642. The lowest BCUT2D eigenvalue weighted by molar-refractivity contribution is -0.258. The third-order valence-corrected chi connectivity index (χ3v) is 6.97. The molecule has 234 valence electrons. The van der Waals surface area contributed by atoms with Gasteiger partial charge in [-0.1, -0.05) is 23.8 Å². The molecule has 43 heavy (non-hydrogen) atoms. The summed E-state index contributed by atoms with van der Waals surface area (Å²) in [4.78, 5) is 42.3. The number of β-amino-alcohol motifs (C(OH)–C–C–N with tert-alkyl or cyclic N) is 1. The number of benzene rings is 2. The highest BCUT2D eigenvalue weighted by molar-refractivity contribution is 5.97. The zero-order chi connectivity index (χ0) is 31.9. The van der Waals surface area contributed by atoms with E-state index in [1.165, 1.54) is 37.3 Å². The van der Waals surface area contributed by atoms with E-state index in [1.54, 1.807) is 6.92 Å². The van der Waals surface area contributed by atoms with Crippen LogP contribution in [0.4, 0.5) is 13.2 Å². The fraction of sp³-hybridized carbons (Fsp3) is 0.467. The monoisotopic (exact) mass is 607 g/mol. The summed E-state index contributed by atoms with van der Waals surface area (Å²) in [6.45, 7) is 3.93. The molecular formula is C30H36F3N3O7. The largest absolute Gasteiger partial charge is 0.508 e. The first kappa shape index (κ1) is 33.5. The number of aryl methyl sites for hydroxylation is 1. The van der Waals surface area contributed by atoms with Gasteiger partial charge in [0.1, 0.15) is 11.6 Å². The number of esters is 1. The Morgan fingerprint density at radius 3 is 2.49 bits per heavy atom. The Hall–Kier alpha value is -3.97. The van der Waals surface area contributed by atoms with Gasteiger partial charge in [-0.3, -0.25) is 19.4 Å². The maximum absolute atomic E-state index is 13.5. The zero-order valence-electron chi connectivity index (χ0n) is 24.1. The molecule has 2 aromatic rings. The van der Waals surface area contributed by atoms with E-state index < -0.39 is 53.6 Å². The van der Waals surface area contributed by atoms with Crippen molar-refractivity contribution in [1.82, 2.24) is 10.6 Å². The van der Waals surface area contributed by atoms with E-state index in [2.05, 4.69) is 15.6 Å². The summed E-state index contributed by atoms with van der Waals surface area (Å²) in [5.41, 5.74) is -2.33. The average molecular weight is 608 g/mol. The molecule has 0 aliphatic carbocycles. The second-order valence-corrected chi connectivity index (χ2v) is 10.7. The van der Waals surface area contributed by atoms with Crippen LogP contribution in [0, 0.1) is 6.92 Å². The number of amidine groups is 1. The topological polar surface area (TPSA) is 158 Å². The van der Waals surface area contributed by atoms with Crippen molar-refractivity contribution in [1.29, 1.82) is 0 Å². The van der Waals surface area contributed by atoms with Gasteiger partial charge >= 0.3 is 12.1 Å². The summed E-state index contributed by atoms with van der Waals surface area (Å²) < 4.78 is 45.6. The third-order valence-electron chi connectivity index (χ3n) is 6.97. The second-order valence-electron chi connectivity index (χ2n) is 10.7. The number of ketones is 1. The van der Waals surface area contributed by atoms with Crippen molar-refractivity contribution in [2.45, 2.75) is 63.8 Å². The highest BCUT2D eigenvalue weighted by Gasteiger charge is 2.51. The number of nitrogens with one attached hydrogen (secondary N) is 2. The van der Waals surface area contributed by atoms with Gasteiger partial charge in [0.25, 0.3) is 5.91 Å². The van der Waals surface area contributed by atoms with Crippen LogP contribution in [0.5, 0.6) is 5.75 Å². The minimum atomic E-state index is -4.97. The first-order valence-corrected chi connectivity index (χ1v) is 13.7. The SMILES string of the molecule is CCOC(=O)C[C@H](CC(=O)CNC(=O)c1cc(O)cc(CC2=NCC(O)CN2)c1)c1cc(C)cc(C(C)(O)C(F)(F)F)c1. The molecule has 13 heteroatoms. The van der Waals surface area contributed by atoms with Crippen LogP contribution in [0.1, 0.15) is 65.2 Å². The number of aliphatic hydroxyl groups excluding tert-OH is 1. The van der Waals surface area contributed by atoms with Gasteiger partial charge in [-0.15, -0.1) is 0 Å². The first-order chi connectivity index (χ1) is 20.1. The number of alkyl halides is 3. The molecule has 0 aromatic heterocycles. The van der Waals surface area contributed by atoms with Crippen LogP contribution >= 0.6 is 0 Å². The van der Waals surface area contributed by atoms with Crippen LogP contribution in [-0.2, 0) is 26.3 Å². The molecule has 0 radical (unpaired) electrons. The Bertz CT molecular complexity index is 1380. The molecule has 0 bridgehead atoms. The number of aliphatic imine (C=N–C) groups is 1. The quantitative estimate of drug-likeness (QED) is 0.231. The standard InChI is InChI=1S/C30H36F3N3O7/c1-4-43-27(40)13-20(19-5-17(2)6-22(10-19)29(3,42)30(31,32)33)11-24(38)14-36-28(41)21-7-18(8-23(37)12-21)9-26-34-15-25(39)16-35-26/h5-8,10,12,20,25,37,39,42H,4,9,11,13-16H2,1-3H3,(H,34,35)(H,36,41)/t20-,29?/m0/s1. The van der Waals surface area contributed by atoms with Gasteiger partial charge in [-0.2, -0.15) is 13.2 Å². The zero-order valence-corrected chi connectivity index (χ0v) is 24.1. The number of phenolic OH excluding ortho intramolecular Hbond substituents is 1. The number of hydrogen-bond acceptors (Lipinski definition) is 9. The van der Waals surface area contributed by atoms with E-state index in [0.29, 0.717) is 30.4 Å². The van der Waals surface area contributed by atoms with Crippen LogP contribution in [0.15, 0.2) is 41.4 Å². The van der Waals surface area contributed by atoms with Crippen molar-refractivity contribution in [3.05, 3.63) is 64.2 Å². The Labute approximate surface area is 247 Å². The highest BCUT2D eigenvalue weighted by atomic mass is 19.4. The van der Waals surface area contributed by atoms with Crippen LogP contribution in [0.2, 0.25) is 0 Å². The van der Waals surface area contributed by atoms with Crippen molar-refractivity contribution in [2.75, 3.05) is 26.2 Å². The van der Waals surface area contributed by atoms with Gasteiger partial charge in [0, 0.05) is 30.9 Å². The number of aliphatic hydroxyl groups is 2. The summed E-state index contributed by atoms with van der Waals surface area (Å²) in [7, 11) is 0. The van der Waals surface area contributed by atoms with Crippen molar-refractivity contribution in [3.8, 4) is 5.75 Å². The summed E-state index contributed by atoms with van der Waals surface area (Å²) in [5, 5.41) is 35.4. The molecule has 1 amide bonds. The summed E-state index contributed by atoms with van der Waals surface area (Å²) in [6.07, 6.45) is -5.90. The maximum atomic E-state index is 13.5. The fourth-order valence-corrected chi connectivity index (χ4v) is 4.64. The van der Waals surface area contributed by atoms with Gasteiger partial charge < -0.3 is 30.7 Å². The number of amides is 1. The fourth-order valence-electron chi connectivity index (χ4n) is 4.64. The summed E-state index contributed by atoms with van der Waals surface area (Å²) in [6, 6.07) is 8.06. The van der Waals surface area contributed by atoms with Crippen LogP contribution in [-0.4, -0.2) is 77.3 Å². The third kappa shape index (κ3) is 9.26. The normalized spacial score (nSPS) is 17.2. The lowest BCUT2D eigenvalue weighted by Crippen LogP contribution is -2.39. The Morgan fingerprint density at radius 2 is 1.86 bits per heavy atom. The second kappa shape index (κ2) is 14.0. The van der Waals surface area contributed by atoms with E-state index in [0.717, 1.165) is 6.07 Å². The summed E-state index contributed by atoms with van der Waals surface area (Å²) in [5.74, 6) is -2.30. The number of carbonyl (C=O) groups is 3. The van der Waals surface area contributed by atoms with E-state index in [4.69, 9.17) is 4.74 Å². The Balaban J connectivity index is 1.75. The van der Waals surface area contributed by atoms with E-state index in [1.807, 2.05) is 0 Å². The van der Waals surface area contributed by atoms with Crippen molar-refractivity contribution >= 4 is 23.5 Å². The number of carbonyl (C=O) groups excluding carboxylic acids is 3. The van der Waals surface area contributed by atoms with Gasteiger partial charge in [-0.25, -0.2) is 0 Å². The number of ether oxygens (including phenoxy) is 1. The molecule has 0 spiro atoms. The number of halogens is 3. The molecule has 0 fully saturated rings. The molecule has 0 saturated heterocycles. The molecule has 2 aromatic carbocycles. The molecule has 10 nitrogen and oxygen atoms in total. The molecule has 1 aliphatic heterocycles. The number of aromatic hydroxyl groups is 1. The number of rotatable bonds is 12. The highest BCUT2D eigenvalue weighted by Crippen LogP contribution is 2.40. The van der Waals surface area contributed by atoms with Crippen molar-refractivity contribution in [3.63, 3.8) is 0 Å². The number of nitrogens with zero attached hydrogens (tertiary/aromatic N) is 1. The summed E-state index contributed by atoms with van der Waals surface area (Å²) >= 11 is 0. The predicted molar refractivity (Wildman–Crippen MR) is 151 cm³/mol. The Morgan fingerprint density at radius 1 is 1.14 bits per heavy atom. The van der Waals surface area contributed by atoms with Gasteiger partial charge in [0.15, 0.2) is 11.4 Å². The first-order valence-electron chi connectivity index (χ1n) is 13.7. The number of Topliss-reactive ketones (excluding diaryl/α,β-unsaturated/α-hetero) is 1. The molecule has 3 atom stereocenters. The van der Waals surface area contributed by atoms with Crippen LogP contribution in [0.3, 0.4) is 0 Å². The van der Waals surface area contributed by atoms with Crippen molar-refractivity contribution in [2.24, 2.45) is 4.99 Å². The number of hydrogen-bond donors (Lipinski definition) is 5. The van der Waals surface area contributed by atoms with Gasteiger partial charge in [0.2, 0.25) is 0 Å². The van der Waals surface area contributed by atoms with Gasteiger partial charge in [-0.05, 0) is 55.7 Å². The maximum Gasteiger partial charge on any atom is 0.421 e. The smallest absolute Gasteiger partial charge is 0.421 e. The molecule has 2 unspecified atom stereocenters. The lowest BCUT2D eigenvalue weighted by atomic mass is 9.85. The van der Waals surface area contributed by atoms with Gasteiger partial charge in [0.05, 0.1) is 32.2 Å². The van der Waals surface area contributed by atoms with Crippen LogP contribution in [0.25, 0.3) is 0 Å². The van der Waals surface area contributed by atoms with Crippen LogP contribution < -0.4 is 10.6 Å². The molecule has 3 rings (SSSR count). The molecule has 1 heterocycles. The van der Waals surface area contributed by atoms with E-state index in [9.17, 15) is 42.9 Å². The molecule has 1 aliphatic rings. The molecular weight excluding hydrogens is 571 g/mol. The number of phenols is 1.